The Balaban J connectivity index is 1.71. The maximum atomic E-state index is 13.0. The highest BCUT2D eigenvalue weighted by atomic mass is 19.1. The molecule has 3 N–H and O–H groups in total. The van der Waals surface area contributed by atoms with Gasteiger partial charge in [-0.3, -0.25) is 14.9 Å². The number of H-pyrrole nitrogens is 1. The normalized spacial score (nSPS) is 10.7. The number of carbonyl (C=O) groups excluding carboxylic acids is 1. The number of halogens is 1. The second-order valence-electron chi connectivity index (χ2n) is 5.32. The molecule has 0 atom stereocenters. The van der Waals surface area contributed by atoms with E-state index < -0.39 is 11.7 Å². The number of hydrogen-bond donors (Lipinski definition) is 3. The molecule has 0 aliphatic heterocycles. The third-order valence-electron chi connectivity index (χ3n) is 3.52. The van der Waals surface area contributed by atoms with Crippen molar-refractivity contribution in [3.05, 3.63) is 47.2 Å². The molecule has 1 amide bonds. The summed E-state index contributed by atoms with van der Waals surface area (Å²) in [7, 11) is 0. The van der Waals surface area contributed by atoms with Crippen molar-refractivity contribution >= 4 is 5.91 Å². The van der Waals surface area contributed by atoms with Gasteiger partial charge in [0.25, 0.3) is 5.91 Å². The van der Waals surface area contributed by atoms with E-state index >= 15 is 0 Å². The summed E-state index contributed by atoms with van der Waals surface area (Å²) in [6, 6.07) is 4.21. The fourth-order valence-corrected chi connectivity index (χ4v) is 2.18. The number of aliphatic hydroxyl groups excluding tert-OH is 1. The standard InChI is InChI=1S/C16H16FN5O4/c1-9-11(15(22-26-9)12-3-2-10(17)7-19-12)8-25-14-6-13(20-21-14)16(24)18-4-5-23/h2-3,6-7,23H,4-5,8H2,1H3,(H,18,24)(H,20,21). The van der Waals surface area contributed by atoms with Crippen LogP contribution < -0.4 is 10.1 Å². The number of aliphatic hydroxyl groups is 1. The third-order valence-corrected chi connectivity index (χ3v) is 3.52. The van der Waals surface area contributed by atoms with Gasteiger partial charge in [0.05, 0.1) is 24.1 Å². The second-order valence-corrected chi connectivity index (χ2v) is 5.32. The van der Waals surface area contributed by atoms with E-state index in [0.29, 0.717) is 22.7 Å². The van der Waals surface area contributed by atoms with E-state index in [1.807, 2.05) is 0 Å². The smallest absolute Gasteiger partial charge is 0.269 e. The number of aryl methyl sites for hydroxylation is 1. The predicted molar refractivity (Wildman–Crippen MR) is 86.8 cm³/mol. The fourth-order valence-electron chi connectivity index (χ4n) is 2.18. The van der Waals surface area contributed by atoms with Gasteiger partial charge in [-0.2, -0.15) is 0 Å². The van der Waals surface area contributed by atoms with E-state index in [1.165, 1.54) is 18.2 Å². The summed E-state index contributed by atoms with van der Waals surface area (Å²) < 4.78 is 23.8. The lowest BCUT2D eigenvalue weighted by molar-refractivity contribution is 0.0939. The highest BCUT2D eigenvalue weighted by Crippen LogP contribution is 2.25. The Morgan fingerprint density at radius 1 is 1.46 bits per heavy atom. The topological polar surface area (TPSA) is 126 Å². The lowest BCUT2D eigenvalue weighted by Gasteiger charge is -2.03. The zero-order valence-electron chi connectivity index (χ0n) is 13.8. The molecule has 0 saturated carbocycles. The van der Waals surface area contributed by atoms with Crippen LogP contribution >= 0.6 is 0 Å². The van der Waals surface area contributed by atoms with Gasteiger partial charge in [-0.15, -0.1) is 5.10 Å². The van der Waals surface area contributed by atoms with Crippen molar-refractivity contribution in [2.45, 2.75) is 13.5 Å². The van der Waals surface area contributed by atoms with Gasteiger partial charge in [-0.05, 0) is 19.1 Å². The van der Waals surface area contributed by atoms with Crippen molar-refractivity contribution in [1.82, 2.24) is 25.7 Å². The van der Waals surface area contributed by atoms with Gasteiger partial charge in [0.2, 0.25) is 5.88 Å². The Labute approximate surface area is 147 Å². The average molecular weight is 361 g/mol. The Morgan fingerprint density at radius 3 is 3.04 bits per heavy atom. The molecule has 0 saturated heterocycles. The number of aromatic nitrogens is 4. The lowest BCUT2D eigenvalue weighted by Crippen LogP contribution is -2.26. The van der Waals surface area contributed by atoms with E-state index in [4.69, 9.17) is 14.4 Å². The Morgan fingerprint density at radius 2 is 2.31 bits per heavy atom. The minimum Gasteiger partial charge on any atom is -0.472 e. The first-order valence-corrected chi connectivity index (χ1v) is 7.73. The van der Waals surface area contributed by atoms with Crippen LogP contribution in [0.15, 0.2) is 28.9 Å². The summed E-state index contributed by atoms with van der Waals surface area (Å²) in [5.74, 6) is -0.116. The van der Waals surface area contributed by atoms with Crippen molar-refractivity contribution in [3.8, 4) is 17.3 Å². The van der Waals surface area contributed by atoms with Crippen molar-refractivity contribution in [3.63, 3.8) is 0 Å². The monoisotopic (exact) mass is 361 g/mol. The number of carbonyl (C=O) groups is 1. The molecule has 0 aliphatic rings. The third kappa shape index (κ3) is 3.86. The molecular formula is C16H16FN5O4. The van der Waals surface area contributed by atoms with Gasteiger partial charge in [0.1, 0.15) is 29.6 Å². The number of rotatable bonds is 7. The van der Waals surface area contributed by atoms with E-state index in [-0.39, 0.29) is 31.3 Å². The minimum absolute atomic E-state index is 0.0757. The zero-order valence-corrected chi connectivity index (χ0v) is 13.8. The quantitative estimate of drug-likeness (QED) is 0.577. The van der Waals surface area contributed by atoms with Gasteiger partial charge >= 0.3 is 0 Å². The Kier molecular flexibility index (Phi) is 5.23. The second kappa shape index (κ2) is 7.74. The van der Waals surface area contributed by atoms with Crippen LogP contribution in [0.3, 0.4) is 0 Å². The first-order valence-electron chi connectivity index (χ1n) is 7.73. The lowest BCUT2D eigenvalue weighted by atomic mass is 10.1. The average Bonchev–Trinajstić information content (AvgIpc) is 3.25. The highest BCUT2D eigenvalue weighted by Gasteiger charge is 2.18. The molecule has 3 aromatic heterocycles. The molecule has 0 aliphatic carbocycles. The number of aromatic amines is 1. The molecular weight excluding hydrogens is 345 g/mol. The first kappa shape index (κ1) is 17.5. The van der Waals surface area contributed by atoms with Crippen LogP contribution in [-0.4, -0.2) is 44.5 Å². The molecule has 3 aromatic rings. The number of pyridine rings is 1. The van der Waals surface area contributed by atoms with Gasteiger partial charge in [0, 0.05) is 12.6 Å². The maximum Gasteiger partial charge on any atom is 0.269 e. The number of amides is 1. The summed E-state index contributed by atoms with van der Waals surface area (Å²) in [4.78, 5) is 15.7. The van der Waals surface area contributed by atoms with E-state index in [9.17, 15) is 9.18 Å². The van der Waals surface area contributed by atoms with Gasteiger partial charge in [-0.25, -0.2) is 4.39 Å². The van der Waals surface area contributed by atoms with E-state index in [1.54, 1.807) is 6.92 Å². The molecule has 136 valence electrons. The van der Waals surface area contributed by atoms with Crippen molar-refractivity contribution in [1.29, 1.82) is 0 Å². The Bertz CT molecular complexity index is 890. The van der Waals surface area contributed by atoms with Crippen LogP contribution in [-0.2, 0) is 6.61 Å². The minimum atomic E-state index is -0.449. The molecule has 0 fully saturated rings. The fraction of sp³-hybridized carbons (Fsp3) is 0.250. The summed E-state index contributed by atoms with van der Waals surface area (Å²) in [5.41, 5.74) is 1.74. The first-order chi connectivity index (χ1) is 12.6. The Hall–Kier alpha value is -3.27. The van der Waals surface area contributed by atoms with Crippen LogP contribution in [0, 0.1) is 12.7 Å². The predicted octanol–water partition coefficient (Wildman–Crippen LogP) is 1.21. The summed E-state index contributed by atoms with van der Waals surface area (Å²) in [6.45, 7) is 1.78. The highest BCUT2D eigenvalue weighted by molar-refractivity contribution is 5.92. The number of nitrogens with zero attached hydrogens (tertiary/aromatic N) is 3. The van der Waals surface area contributed by atoms with Gasteiger partial charge < -0.3 is 19.7 Å². The molecule has 0 radical (unpaired) electrons. The molecule has 3 heterocycles. The molecule has 0 aromatic carbocycles. The molecule has 0 spiro atoms. The van der Waals surface area contributed by atoms with Crippen molar-refractivity contribution < 1.29 is 23.6 Å². The molecule has 9 nitrogen and oxygen atoms in total. The van der Waals surface area contributed by atoms with Gasteiger partial charge in [0.15, 0.2) is 0 Å². The van der Waals surface area contributed by atoms with Gasteiger partial charge in [-0.1, -0.05) is 5.16 Å². The van der Waals surface area contributed by atoms with Crippen molar-refractivity contribution in [2.75, 3.05) is 13.2 Å². The van der Waals surface area contributed by atoms with Crippen LogP contribution in [0.2, 0.25) is 0 Å². The largest absolute Gasteiger partial charge is 0.472 e. The molecule has 10 heteroatoms. The maximum absolute atomic E-state index is 13.0. The number of nitrogens with one attached hydrogen (secondary N) is 2. The van der Waals surface area contributed by atoms with E-state index in [2.05, 4.69) is 25.7 Å². The van der Waals surface area contributed by atoms with Crippen molar-refractivity contribution in [2.24, 2.45) is 0 Å². The molecule has 26 heavy (non-hydrogen) atoms. The summed E-state index contributed by atoms with van der Waals surface area (Å²) >= 11 is 0. The van der Waals surface area contributed by atoms with E-state index in [0.717, 1.165) is 6.20 Å². The molecule has 0 bridgehead atoms. The summed E-state index contributed by atoms with van der Waals surface area (Å²) in [6.07, 6.45) is 1.09. The SMILES string of the molecule is Cc1onc(-c2ccc(F)cn2)c1COc1cc(C(=O)NCCO)[nH]n1. The van der Waals surface area contributed by atoms with Crippen LogP contribution in [0.1, 0.15) is 21.8 Å². The molecule has 0 unspecified atom stereocenters. The van der Waals surface area contributed by atoms with Crippen LogP contribution in [0.25, 0.3) is 11.4 Å². The number of hydrogen-bond acceptors (Lipinski definition) is 7. The summed E-state index contributed by atoms with van der Waals surface area (Å²) in [5, 5.41) is 21.6. The number of ether oxygens (including phenoxy) is 1. The zero-order chi connectivity index (χ0) is 18.5. The van der Waals surface area contributed by atoms with Crippen LogP contribution in [0.5, 0.6) is 5.88 Å². The molecule has 3 rings (SSSR count). The van der Waals surface area contributed by atoms with Crippen LogP contribution in [0.4, 0.5) is 4.39 Å².